The van der Waals surface area contributed by atoms with E-state index in [0.29, 0.717) is 12.0 Å². The molecule has 1 saturated heterocycles. The predicted molar refractivity (Wildman–Crippen MR) is 120 cm³/mol. The van der Waals surface area contributed by atoms with E-state index >= 15 is 0 Å². The molecule has 6 rings (SSSR count). The van der Waals surface area contributed by atoms with Crippen LogP contribution in [-0.4, -0.2) is 37.3 Å². The summed E-state index contributed by atoms with van der Waals surface area (Å²) < 4.78 is 11.1. The Labute approximate surface area is 183 Å². The lowest BCUT2D eigenvalue weighted by Gasteiger charge is -2.30. The summed E-state index contributed by atoms with van der Waals surface area (Å²) in [5.74, 6) is 2.29. The molecule has 30 heavy (non-hydrogen) atoms. The van der Waals surface area contributed by atoms with Crippen LogP contribution in [-0.2, 0) is 6.67 Å². The fourth-order valence-corrected chi connectivity index (χ4v) is 5.36. The summed E-state index contributed by atoms with van der Waals surface area (Å²) in [6.07, 6.45) is 4.49. The van der Waals surface area contributed by atoms with Crippen LogP contribution in [0.25, 0.3) is 21.8 Å². The lowest BCUT2D eigenvalue weighted by atomic mass is 9.97. The van der Waals surface area contributed by atoms with Crippen molar-refractivity contribution in [3.63, 3.8) is 0 Å². The van der Waals surface area contributed by atoms with Gasteiger partial charge in [-0.3, -0.25) is 9.47 Å². The Hall–Kier alpha value is -2.29. The van der Waals surface area contributed by atoms with E-state index in [4.69, 9.17) is 26.7 Å². The highest BCUT2D eigenvalue weighted by molar-refractivity contribution is 7.71. The van der Waals surface area contributed by atoms with Crippen LogP contribution >= 0.6 is 23.6 Å². The molecule has 1 aliphatic carbocycles. The minimum Gasteiger partial charge on any atom is -0.440 e. The highest BCUT2D eigenvalue weighted by Crippen LogP contribution is 2.39. The molecular weight excluding hydrogens is 414 g/mol. The summed E-state index contributed by atoms with van der Waals surface area (Å²) in [7, 11) is 0. The molecule has 4 heterocycles. The van der Waals surface area contributed by atoms with Gasteiger partial charge in [0, 0.05) is 25.0 Å². The summed E-state index contributed by atoms with van der Waals surface area (Å²) >= 11 is 7.55. The first-order valence-electron chi connectivity index (χ1n) is 10.6. The van der Waals surface area contributed by atoms with Crippen LogP contribution in [0.1, 0.15) is 43.5 Å². The molecule has 1 aliphatic heterocycles. The van der Waals surface area contributed by atoms with E-state index < -0.39 is 0 Å². The molecule has 154 valence electrons. The topological polar surface area (TPSA) is 52.0 Å². The smallest absolute Gasteiger partial charge is 0.199 e. The van der Waals surface area contributed by atoms with Crippen LogP contribution in [0.4, 0.5) is 0 Å². The van der Waals surface area contributed by atoms with Gasteiger partial charge in [0.2, 0.25) is 0 Å². The Morgan fingerprint density at radius 3 is 2.63 bits per heavy atom. The number of oxazole rings is 1. The predicted octanol–water partition coefficient (Wildman–Crippen LogP) is 5.46. The molecule has 0 atom stereocenters. The first-order chi connectivity index (χ1) is 14.8. The number of fused-ring (bicyclic) bond motifs is 1. The minimum absolute atomic E-state index is 0.382. The van der Waals surface area contributed by atoms with Crippen LogP contribution in [0.5, 0.6) is 0 Å². The van der Waals surface area contributed by atoms with E-state index in [1.54, 1.807) is 11.3 Å². The second kappa shape index (κ2) is 7.44. The molecule has 3 aromatic heterocycles. The van der Waals surface area contributed by atoms with Crippen LogP contribution in [0.3, 0.4) is 0 Å². The van der Waals surface area contributed by atoms with Gasteiger partial charge in [0.05, 0.1) is 11.5 Å². The number of nitrogens with zero attached hydrogens (tertiary/aromatic N) is 5. The Bertz CT molecular complexity index is 1190. The first kappa shape index (κ1) is 18.5. The maximum atomic E-state index is 6.01. The molecule has 1 aromatic carbocycles. The van der Waals surface area contributed by atoms with Crippen molar-refractivity contribution < 1.29 is 4.42 Å². The minimum atomic E-state index is 0.382. The van der Waals surface area contributed by atoms with Gasteiger partial charge in [-0.05, 0) is 61.5 Å². The fourth-order valence-electron chi connectivity index (χ4n) is 4.32. The highest BCUT2D eigenvalue weighted by atomic mass is 32.1. The largest absolute Gasteiger partial charge is 0.440 e. The van der Waals surface area contributed by atoms with Crippen molar-refractivity contribution in [3.8, 4) is 10.7 Å². The molecule has 0 radical (unpaired) electrons. The zero-order chi connectivity index (χ0) is 20.1. The van der Waals surface area contributed by atoms with Gasteiger partial charge in [-0.15, -0.1) is 16.4 Å². The van der Waals surface area contributed by atoms with Crippen molar-refractivity contribution in [2.75, 3.05) is 13.1 Å². The fraction of sp³-hybridized carbons (Fsp3) is 0.409. The van der Waals surface area contributed by atoms with Crippen molar-refractivity contribution in [2.24, 2.45) is 0 Å². The normalized spacial score (nSPS) is 18.4. The number of para-hydroxylation sites is 2. The van der Waals surface area contributed by atoms with Gasteiger partial charge in [-0.25, -0.2) is 9.67 Å². The van der Waals surface area contributed by atoms with Gasteiger partial charge in [-0.2, -0.15) is 0 Å². The lowest BCUT2D eigenvalue weighted by molar-refractivity contribution is 0.153. The molecule has 2 fully saturated rings. The second-order valence-corrected chi connectivity index (χ2v) is 9.55. The molecule has 0 unspecified atom stereocenters. The highest BCUT2D eigenvalue weighted by Gasteiger charge is 2.30. The van der Waals surface area contributed by atoms with Crippen molar-refractivity contribution >= 4 is 34.7 Å². The molecule has 0 bridgehead atoms. The zero-order valence-corrected chi connectivity index (χ0v) is 18.2. The van der Waals surface area contributed by atoms with Crippen molar-refractivity contribution in [1.29, 1.82) is 0 Å². The van der Waals surface area contributed by atoms with Crippen molar-refractivity contribution in [1.82, 2.24) is 24.2 Å². The summed E-state index contributed by atoms with van der Waals surface area (Å²) in [5, 5.41) is 7.03. The van der Waals surface area contributed by atoms with E-state index in [2.05, 4.69) is 27.0 Å². The van der Waals surface area contributed by atoms with E-state index in [-0.39, 0.29) is 0 Å². The molecule has 4 aromatic rings. The summed E-state index contributed by atoms with van der Waals surface area (Å²) in [4.78, 5) is 8.35. The third-order valence-electron chi connectivity index (χ3n) is 6.11. The van der Waals surface area contributed by atoms with Crippen LogP contribution in [0.15, 0.2) is 46.2 Å². The molecule has 8 heteroatoms. The van der Waals surface area contributed by atoms with E-state index in [1.165, 1.54) is 17.7 Å². The van der Waals surface area contributed by atoms with E-state index in [9.17, 15) is 0 Å². The Morgan fingerprint density at radius 1 is 1.07 bits per heavy atom. The molecule has 0 N–H and O–H groups in total. The third-order valence-corrected chi connectivity index (χ3v) is 7.38. The number of rotatable bonds is 5. The number of benzene rings is 1. The molecule has 6 nitrogen and oxygen atoms in total. The number of aromatic nitrogens is 4. The summed E-state index contributed by atoms with van der Waals surface area (Å²) in [6.45, 7) is 2.74. The maximum Gasteiger partial charge on any atom is 0.199 e. The van der Waals surface area contributed by atoms with Gasteiger partial charge in [0.25, 0.3) is 0 Å². The van der Waals surface area contributed by atoms with Crippen molar-refractivity contribution in [3.05, 3.63) is 52.4 Å². The molecule has 0 amide bonds. The monoisotopic (exact) mass is 437 g/mol. The van der Waals surface area contributed by atoms with Crippen LogP contribution in [0, 0.1) is 4.77 Å². The Morgan fingerprint density at radius 2 is 1.90 bits per heavy atom. The lowest BCUT2D eigenvalue weighted by Crippen LogP contribution is -2.35. The maximum absolute atomic E-state index is 6.01. The molecular formula is C22H23N5OS2. The summed E-state index contributed by atoms with van der Waals surface area (Å²) in [6, 6.07) is 12.7. The Balaban J connectivity index is 1.18. The van der Waals surface area contributed by atoms with E-state index in [1.807, 2.05) is 28.9 Å². The standard InChI is InChI=1S/C22H23N5OS2/c29-22-26(24-20(19-6-3-13-30-19)27(22)16-7-8-16)14-25-11-9-15(10-12-25)21-23-17-4-1-2-5-18(17)28-21/h1-6,13,15-16H,7-12,14H2. The van der Waals surface area contributed by atoms with Crippen LogP contribution in [0.2, 0.25) is 0 Å². The first-order valence-corrected chi connectivity index (χ1v) is 11.9. The Kier molecular flexibility index (Phi) is 4.58. The van der Waals surface area contributed by atoms with Gasteiger partial charge >= 0.3 is 0 Å². The van der Waals surface area contributed by atoms with Crippen LogP contribution < -0.4 is 0 Å². The van der Waals surface area contributed by atoms with Crippen molar-refractivity contribution in [2.45, 2.75) is 44.3 Å². The van der Waals surface area contributed by atoms with Gasteiger partial charge in [0.1, 0.15) is 5.52 Å². The average Bonchev–Trinajstić information content (AvgIpc) is 3.17. The number of thiophene rings is 1. The average molecular weight is 438 g/mol. The van der Waals surface area contributed by atoms with Gasteiger partial charge in [-0.1, -0.05) is 18.2 Å². The third kappa shape index (κ3) is 3.33. The molecule has 2 aliphatic rings. The number of likely N-dealkylation sites (tertiary alicyclic amines) is 1. The quantitative estimate of drug-likeness (QED) is 0.388. The second-order valence-electron chi connectivity index (χ2n) is 8.24. The zero-order valence-electron chi connectivity index (χ0n) is 16.6. The number of piperidine rings is 1. The van der Waals surface area contributed by atoms with Gasteiger partial charge in [0.15, 0.2) is 22.1 Å². The molecule has 0 spiro atoms. The summed E-state index contributed by atoms with van der Waals surface area (Å²) in [5.41, 5.74) is 1.83. The number of hydrogen-bond acceptors (Lipinski definition) is 6. The number of hydrogen-bond donors (Lipinski definition) is 0. The van der Waals surface area contributed by atoms with E-state index in [0.717, 1.165) is 60.2 Å². The SMILES string of the molecule is S=c1n(CN2CCC(c3nc4ccccc4o3)CC2)nc(-c2cccs2)n1C1CC1. The van der Waals surface area contributed by atoms with Gasteiger partial charge < -0.3 is 4.42 Å². The molecule has 1 saturated carbocycles.